The Balaban J connectivity index is 3.92. The quantitative estimate of drug-likeness (QED) is 0.640. The van der Waals surface area contributed by atoms with Gasteiger partial charge in [-0.25, -0.2) is 8.78 Å². The number of rotatable bonds is 4. The minimum absolute atomic E-state index is 0.433. The molecule has 5 heteroatoms. The van der Waals surface area contributed by atoms with E-state index in [0.29, 0.717) is 0 Å². The summed E-state index contributed by atoms with van der Waals surface area (Å²) < 4.78 is 28.2. The average molecular weight is 181 g/mol. The molecule has 1 atom stereocenters. The van der Waals surface area contributed by atoms with Crippen molar-refractivity contribution in [3.05, 3.63) is 0 Å². The molecule has 0 rings (SSSR count). The maximum atomic E-state index is 11.8. The van der Waals surface area contributed by atoms with Gasteiger partial charge in [0.25, 0.3) is 12.3 Å². The van der Waals surface area contributed by atoms with Crippen LogP contribution in [0.15, 0.2) is 0 Å². The van der Waals surface area contributed by atoms with Crippen molar-refractivity contribution in [2.24, 2.45) is 0 Å². The number of carbonyl (C=O) groups excluding carboxylic acids is 1. The van der Waals surface area contributed by atoms with Crippen molar-refractivity contribution in [2.45, 2.75) is 19.5 Å². The van der Waals surface area contributed by atoms with Crippen molar-refractivity contribution < 1.29 is 18.3 Å². The Morgan fingerprint density at radius 3 is 2.42 bits per heavy atom. The number of hydrogen-bond acceptors (Lipinski definition) is 2. The minimum Gasteiger partial charge on any atom is -0.372 e. The Hall–Kier alpha value is -0.710. The zero-order chi connectivity index (χ0) is 9.72. The maximum Gasteiger partial charge on any atom is 0.255 e. The molecule has 0 aromatic heterocycles. The maximum absolute atomic E-state index is 11.8. The summed E-state index contributed by atoms with van der Waals surface area (Å²) in [6.07, 6.45) is -3.16. The number of ether oxygens (including phenoxy) is 1. The normalized spacial score (nSPS) is 13.2. The van der Waals surface area contributed by atoms with E-state index in [-0.39, 0.29) is 0 Å². The van der Waals surface area contributed by atoms with Crippen LogP contribution in [0, 0.1) is 0 Å². The first-order chi connectivity index (χ1) is 5.49. The lowest BCUT2D eigenvalue weighted by Crippen LogP contribution is -2.38. The van der Waals surface area contributed by atoms with Crippen molar-refractivity contribution in [1.82, 2.24) is 4.90 Å². The van der Waals surface area contributed by atoms with Crippen LogP contribution in [0.5, 0.6) is 0 Å². The topological polar surface area (TPSA) is 29.5 Å². The van der Waals surface area contributed by atoms with E-state index >= 15 is 0 Å². The molecule has 0 N–H and O–H groups in total. The standard InChI is InChI=1S/C7H13F2NO2/c1-5(12-3)7(11)10(2)4-6(8)9/h5-6H,4H2,1-3H3. The highest BCUT2D eigenvalue weighted by Crippen LogP contribution is 2.00. The summed E-state index contributed by atoms with van der Waals surface area (Å²) in [7, 11) is 2.68. The summed E-state index contributed by atoms with van der Waals surface area (Å²) in [5.74, 6) is -0.433. The molecular formula is C7H13F2NO2. The van der Waals surface area contributed by atoms with E-state index in [2.05, 4.69) is 4.74 Å². The van der Waals surface area contributed by atoms with Gasteiger partial charge in [-0.1, -0.05) is 0 Å². The molecule has 0 heterocycles. The Labute approximate surface area is 70.3 Å². The molecule has 1 unspecified atom stereocenters. The van der Waals surface area contributed by atoms with Crippen LogP contribution >= 0.6 is 0 Å². The van der Waals surface area contributed by atoms with Crippen LogP contribution in [0.1, 0.15) is 6.92 Å². The van der Waals surface area contributed by atoms with Gasteiger partial charge in [0.15, 0.2) is 0 Å². The molecule has 0 aliphatic rings. The van der Waals surface area contributed by atoms with Crippen LogP contribution < -0.4 is 0 Å². The largest absolute Gasteiger partial charge is 0.372 e. The van der Waals surface area contributed by atoms with Gasteiger partial charge in [-0.2, -0.15) is 0 Å². The SMILES string of the molecule is COC(C)C(=O)N(C)CC(F)F. The number of alkyl halides is 2. The molecule has 0 radical (unpaired) electrons. The summed E-state index contributed by atoms with van der Waals surface area (Å²) in [5, 5.41) is 0. The fraction of sp³-hybridized carbons (Fsp3) is 0.857. The van der Waals surface area contributed by atoms with Crippen LogP contribution in [0.2, 0.25) is 0 Å². The molecule has 0 aliphatic heterocycles. The first-order valence-electron chi connectivity index (χ1n) is 3.55. The van der Waals surface area contributed by atoms with Gasteiger partial charge in [-0.3, -0.25) is 4.79 Å². The number of methoxy groups -OCH3 is 1. The lowest BCUT2D eigenvalue weighted by atomic mass is 10.3. The van der Waals surface area contributed by atoms with Gasteiger partial charge < -0.3 is 9.64 Å². The molecule has 3 nitrogen and oxygen atoms in total. The lowest BCUT2D eigenvalue weighted by Gasteiger charge is -2.19. The van der Waals surface area contributed by atoms with Gasteiger partial charge in [0.05, 0.1) is 6.54 Å². The number of carbonyl (C=O) groups is 1. The van der Waals surface area contributed by atoms with Crippen molar-refractivity contribution >= 4 is 5.91 Å². The molecular weight excluding hydrogens is 168 g/mol. The van der Waals surface area contributed by atoms with E-state index in [0.717, 1.165) is 4.90 Å². The molecule has 0 aromatic carbocycles. The third kappa shape index (κ3) is 3.61. The second-order valence-electron chi connectivity index (χ2n) is 2.49. The summed E-state index contributed by atoms with van der Waals surface area (Å²) in [6, 6.07) is 0. The second-order valence-corrected chi connectivity index (χ2v) is 2.49. The lowest BCUT2D eigenvalue weighted by molar-refractivity contribution is -0.141. The Bertz CT molecular complexity index is 152. The van der Waals surface area contributed by atoms with E-state index in [1.807, 2.05) is 0 Å². The second kappa shape index (κ2) is 5.03. The van der Waals surface area contributed by atoms with E-state index in [1.54, 1.807) is 0 Å². The first-order valence-corrected chi connectivity index (χ1v) is 3.55. The van der Waals surface area contributed by atoms with Crippen molar-refractivity contribution in [1.29, 1.82) is 0 Å². The van der Waals surface area contributed by atoms with Crippen LogP contribution in [-0.4, -0.2) is 44.0 Å². The first kappa shape index (κ1) is 11.3. The fourth-order valence-corrected chi connectivity index (χ4v) is 0.708. The number of likely N-dealkylation sites (N-methyl/N-ethyl adjacent to an activating group) is 1. The third-order valence-corrected chi connectivity index (χ3v) is 1.49. The van der Waals surface area contributed by atoms with Gasteiger partial charge in [0.1, 0.15) is 6.10 Å². The average Bonchev–Trinajstić information content (AvgIpc) is 2.00. The summed E-state index contributed by atoms with van der Waals surface area (Å²) >= 11 is 0. The molecule has 72 valence electrons. The Morgan fingerprint density at radius 1 is 1.58 bits per heavy atom. The molecule has 12 heavy (non-hydrogen) atoms. The molecule has 0 aromatic rings. The molecule has 0 bridgehead atoms. The number of amides is 1. The Kier molecular flexibility index (Phi) is 4.73. The van der Waals surface area contributed by atoms with Gasteiger partial charge in [0.2, 0.25) is 0 Å². The van der Waals surface area contributed by atoms with Gasteiger partial charge >= 0.3 is 0 Å². The Morgan fingerprint density at radius 2 is 2.08 bits per heavy atom. The highest BCUT2D eigenvalue weighted by molar-refractivity contribution is 5.80. The molecule has 0 spiro atoms. The van der Waals surface area contributed by atoms with Crippen LogP contribution in [0.25, 0.3) is 0 Å². The van der Waals surface area contributed by atoms with Crippen molar-refractivity contribution in [2.75, 3.05) is 20.7 Å². The summed E-state index contributed by atoms with van der Waals surface area (Å²) in [4.78, 5) is 12.0. The monoisotopic (exact) mass is 181 g/mol. The minimum atomic E-state index is -2.50. The molecule has 0 aliphatic carbocycles. The summed E-state index contributed by atoms with van der Waals surface area (Å²) in [5.41, 5.74) is 0. The molecule has 1 amide bonds. The zero-order valence-electron chi connectivity index (χ0n) is 7.38. The fourth-order valence-electron chi connectivity index (χ4n) is 0.708. The third-order valence-electron chi connectivity index (χ3n) is 1.49. The molecule has 0 fully saturated rings. The highest BCUT2D eigenvalue weighted by atomic mass is 19.3. The van der Waals surface area contributed by atoms with Crippen LogP contribution in [-0.2, 0) is 9.53 Å². The van der Waals surface area contributed by atoms with Crippen LogP contribution in [0.4, 0.5) is 8.78 Å². The van der Waals surface area contributed by atoms with Crippen LogP contribution in [0.3, 0.4) is 0 Å². The molecule has 0 saturated carbocycles. The van der Waals surface area contributed by atoms with E-state index < -0.39 is 25.0 Å². The molecule has 0 saturated heterocycles. The number of halogens is 2. The van der Waals surface area contributed by atoms with Crippen molar-refractivity contribution in [3.8, 4) is 0 Å². The van der Waals surface area contributed by atoms with Crippen molar-refractivity contribution in [3.63, 3.8) is 0 Å². The predicted octanol–water partition coefficient (Wildman–Crippen LogP) is 0.745. The van der Waals surface area contributed by atoms with Gasteiger partial charge in [0, 0.05) is 14.2 Å². The zero-order valence-corrected chi connectivity index (χ0v) is 7.38. The predicted molar refractivity (Wildman–Crippen MR) is 40.1 cm³/mol. The number of hydrogen-bond donors (Lipinski definition) is 0. The van der Waals surface area contributed by atoms with Gasteiger partial charge in [-0.15, -0.1) is 0 Å². The van der Waals surface area contributed by atoms with E-state index in [9.17, 15) is 13.6 Å². The summed E-state index contributed by atoms with van der Waals surface area (Å²) in [6.45, 7) is 0.969. The number of nitrogens with zero attached hydrogens (tertiary/aromatic N) is 1. The van der Waals surface area contributed by atoms with E-state index in [1.165, 1.54) is 21.1 Å². The highest BCUT2D eigenvalue weighted by Gasteiger charge is 2.19. The smallest absolute Gasteiger partial charge is 0.255 e. The van der Waals surface area contributed by atoms with Gasteiger partial charge in [-0.05, 0) is 6.92 Å². The van der Waals surface area contributed by atoms with E-state index in [4.69, 9.17) is 0 Å².